The normalized spacial score (nSPS) is 43.5. The molecule has 0 aromatic rings. The number of fused-ring (bicyclic) bond motifs is 1. The minimum Gasteiger partial charge on any atom is -0.468 e. The Hall–Kier alpha value is -0.420. The number of carbonyl (C=O) groups excluding carboxylic acids is 1. The molecule has 1 saturated heterocycles. The molecular formula is C11H19NO3S. The van der Waals surface area contributed by atoms with Gasteiger partial charge in [-0.15, -0.1) is 0 Å². The second-order valence-electron chi connectivity index (χ2n) is 4.85. The van der Waals surface area contributed by atoms with Crippen LogP contribution in [0.5, 0.6) is 0 Å². The highest BCUT2D eigenvalue weighted by Gasteiger charge is 2.41. The third kappa shape index (κ3) is 2.30. The average Bonchev–Trinajstić information content (AvgIpc) is 2.28. The smallest absolute Gasteiger partial charge is 0.323 e. The standard InChI is InChI=1S/C11H19NO3S/c1-7-3-4-8-10(5-7)16(14)6-9(12-8)11(13)15-2/h7-10,12H,3-6H2,1-2H3. The van der Waals surface area contributed by atoms with Crippen molar-refractivity contribution in [2.24, 2.45) is 5.92 Å². The molecule has 5 heteroatoms. The van der Waals surface area contributed by atoms with Crippen LogP contribution >= 0.6 is 0 Å². The molecule has 5 atom stereocenters. The second kappa shape index (κ2) is 4.84. The minimum atomic E-state index is -0.893. The van der Waals surface area contributed by atoms with E-state index in [9.17, 15) is 9.00 Å². The van der Waals surface area contributed by atoms with E-state index < -0.39 is 10.8 Å². The summed E-state index contributed by atoms with van der Waals surface area (Å²) in [5, 5.41) is 3.52. The van der Waals surface area contributed by atoms with Gasteiger partial charge >= 0.3 is 5.97 Å². The molecule has 0 aromatic carbocycles. The van der Waals surface area contributed by atoms with E-state index in [0.717, 1.165) is 19.3 Å². The van der Waals surface area contributed by atoms with Crippen molar-refractivity contribution >= 4 is 16.8 Å². The molecule has 2 fully saturated rings. The third-order valence-electron chi connectivity index (χ3n) is 3.62. The van der Waals surface area contributed by atoms with Crippen LogP contribution in [0.25, 0.3) is 0 Å². The Morgan fingerprint density at radius 2 is 2.19 bits per heavy atom. The van der Waals surface area contributed by atoms with Gasteiger partial charge in [0.2, 0.25) is 0 Å². The highest BCUT2D eigenvalue weighted by Crippen LogP contribution is 2.30. The number of esters is 1. The maximum atomic E-state index is 12.1. The van der Waals surface area contributed by atoms with Crippen molar-refractivity contribution in [3.8, 4) is 0 Å². The van der Waals surface area contributed by atoms with Crippen LogP contribution in [0, 0.1) is 5.92 Å². The molecule has 1 aliphatic heterocycles. The number of methoxy groups -OCH3 is 1. The SMILES string of the molecule is COC(=O)C1CS(=O)C2CC(C)CCC2N1. The monoisotopic (exact) mass is 245 g/mol. The van der Waals surface area contributed by atoms with E-state index in [4.69, 9.17) is 4.74 Å². The molecule has 2 rings (SSSR count). The molecule has 1 aliphatic carbocycles. The summed E-state index contributed by atoms with van der Waals surface area (Å²) < 4.78 is 16.8. The lowest BCUT2D eigenvalue weighted by atomic mass is 9.86. The lowest BCUT2D eigenvalue weighted by molar-refractivity contribution is -0.142. The Morgan fingerprint density at radius 1 is 1.44 bits per heavy atom. The van der Waals surface area contributed by atoms with Crippen molar-refractivity contribution in [1.82, 2.24) is 5.32 Å². The molecule has 0 aromatic heterocycles. The van der Waals surface area contributed by atoms with Gasteiger partial charge in [0.15, 0.2) is 0 Å². The van der Waals surface area contributed by atoms with Gasteiger partial charge < -0.3 is 4.74 Å². The first-order valence-corrected chi connectivity index (χ1v) is 7.21. The van der Waals surface area contributed by atoms with E-state index in [2.05, 4.69) is 12.2 Å². The highest BCUT2D eigenvalue weighted by atomic mass is 32.2. The Kier molecular flexibility index (Phi) is 3.64. The summed E-state index contributed by atoms with van der Waals surface area (Å²) in [6.07, 6.45) is 3.18. The van der Waals surface area contributed by atoms with E-state index in [1.165, 1.54) is 7.11 Å². The zero-order valence-electron chi connectivity index (χ0n) is 9.77. The summed E-state index contributed by atoms with van der Waals surface area (Å²) in [4.78, 5) is 11.4. The zero-order chi connectivity index (χ0) is 11.7. The number of hydrogen-bond acceptors (Lipinski definition) is 4. The van der Waals surface area contributed by atoms with Crippen LogP contribution in [0.3, 0.4) is 0 Å². The van der Waals surface area contributed by atoms with Crippen molar-refractivity contribution in [3.05, 3.63) is 0 Å². The summed E-state index contributed by atoms with van der Waals surface area (Å²) >= 11 is 0. The summed E-state index contributed by atoms with van der Waals surface area (Å²) in [6.45, 7) is 2.21. The summed E-state index contributed by atoms with van der Waals surface area (Å²) in [5.41, 5.74) is 0. The van der Waals surface area contributed by atoms with Crippen LogP contribution < -0.4 is 5.32 Å². The van der Waals surface area contributed by atoms with Crippen LogP contribution in [-0.4, -0.2) is 40.4 Å². The maximum absolute atomic E-state index is 12.1. The third-order valence-corrected chi connectivity index (χ3v) is 5.48. The van der Waals surface area contributed by atoms with Crippen LogP contribution in [0.1, 0.15) is 26.2 Å². The molecule has 0 bridgehead atoms. The molecule has 2 aliphatic rings. The van der Waals surface area contributed by atoms with Crippen LogP contribution in [0.2, 0.25) is 0 Å². The minimum absolute atomic E-state index is 0.227. The lowest BCUT2D eigenvalue weighted by Crippen LogP contribution is -2.59. The number of hydrogen-bond donors (Lipinski definition) is 1. The van der Waals surface area contributed by atoms with E-state index in [-0.39, 0.29) is 23.3 Å². The summed E-state index contributed by atoms with van der Waals surface area (Å²) in [7, 11) is 0.484. The fourth-order valence-corrected chi connectivity index (χ4v) is 4.61. The largest absolute Gasteiger partial charge is 0.468 e. The van der Waals surface area contributed by atoms with Crippen molar-refractivity contribution < 1.29 is 13.7 Å². The van der Waals surface area contributed by atoms with Gasteiger partial charge in [-0.05, 0) is 25.2 Å². The maximum Gasteiger partial charge on any atom is 0.323 e. The number of ether oxygens (including phenoxy) is 1. The number of rotatable bonds is 1. The molecule has 1 heterocycles. The van der Waals surface area contributed by atoms with Crippen molar-refractivity contribution in [1.29, 1.82) is 0 Å². The molecule has 0 spiro atoms. The predicted octanol–water partition coefficient (Wildman–Crippen LogP) is 0.437. The van der Waals surface area contributed by atoms with Crippen LogP contribution in [-0.2, 0) is 20.3 Å². The first-order valence-electron chi connectivity index (χ1n) is 5.83. The van der Waals surface area contributed by atoms with E-state index >= 15 is 0 Å². The predicted molar refractivity (Wildman–Crippen MR) is 62.5 cm³/mol. The van der Waals surface area contributed by atoms with Crippen LogP contribution in [0.15, 0.2) is 0 Å². The number of nitrogens with one attached hydrogen (secondary N) is 1. The zero-order valence-corrected chi connectivity index (χ0v) is 10.6. The van der Waals surface area contributed by atoms with Gasteiger partial charge in [0.1, 0.15) is 6.04 Å². The average molecular weight is 245 g/mol. The Bertz CT molecular complexity index is 308. The lowest BCUT2D eigenvalue weighted by Gasteiger charge is -2.40. The molecule has 4 nitrogen and oxygen atoms in total. The first kappa shape index (κ1) is 12.0. The van der Waals surface area contributed by atoms with Gasteiger partial charge in [-0.1, -0.05) is 6.92 Å². The summed E-state index contributed by atoms with van der Waals surface area (Å²) in [6, 6.07) is -0.143. The molecule has 0 amide bonds. The van der Waals surface area contributed by atoms with E-state index in [1.54, 1.807) is 0 Å². The fraction of sp³-hybridized carbons (Fsp3) is 0.909. The Morgan fingerprint density at radius 3 is 2.88 bits per heavy atom. The van der Waals surface area contributed by atoms with Gasteiger partial charge in [0, 0.05) is 22.6 Å². The van der Waals surface area contributed by atoms with Crippen molar-refractivity contribution in [3.63, 3.8) is 0 Å². The van der Waals surface area contributed by atoms with Gasteiger partial charge in [0.25, 0.3) is 0 Å². The molecule has 1 N–H and O–H groups in total. The first-order chi connectivity index (χ1) is 7.61. The Labute approximate surface area is 98.6 Å². The molecule has 16 heavy (non-hydrogen) atoms. The molecular weight excluding hydrogens is 226 g/mol. The van der Waals surface area contributed by atoms with Gasteiger partial charge in [-0.25, -0.2) is 0 Å². The van der Waals surface area contributed by atoms with Crippen LogP contribution in [0.4, 0.5) is 0 Å². The summed E-state index contributed by atoms with van der Waals surface area (Å²) in [5.74, 6) is 0.771. The molecule has 5 unspecified atom stereocenters. The van der Waals surface area contributed by atoms with E-state index in [0.29, 0.717) is 11.7 Å². The van der Waals surface area contributed by atoms with Gasteiger partial charge in [0.05, 0.1) is 12.4 Å². The Balaban J connectivity index is 2.05. The molecule has 0 radical (unpaired) electrons. The fourth-order valence-electron chi connectivity index (χ4n) is 2.68. The quantitative estimate of drug-likeness (QED) is 0.681. The second-order valence-corrected chi connectivity index (χ2v) is 6.55. The highest BCUT2D eigenvalue weighted by molar-refractivity contribution is 7.85. The van der Waals surface area contributed by atoms with Crippen molar-refractivity contribution in [2.75, 3.05) is 12.9 Å². The van der Waals surface area contributed by atoms with Gasteiger partial charge in [-0.2, -0.15) is 0 Å². The van der Waals surface area contributed by atoms with Crippen molar-refractivity contribution in [2.45, 2.75) is 43.5 Å². The number of carbonyl (C=O) groups is 1. The molecule has 1 saturated carbocycles. The topological polar surface area (TPSA) is 55.4 Å². The van der Waals surface area contributed by atoms with E-state index in [1.807, 2.05) is 0 Å². The van der Waals surface area contributed by atoms with Gasteiger partial charge in [-0.3, -0.25) is 14.3 Å². The molecule has 92 valence electrons.